The standard InChI is InChI=1S/C10H22N4O2.HI/c1-8(2)9(15)12-4-5-13-10(11)14-6-7-16-3;/h8H,4-7H2,1-3H3,(H,12,15)(H3,11,13,14);1H. The summed E-state index contributed by atoms with van der Waals surface area (Å²) >= 11 is 0. The Morgan fingerprint density at radius 1 is 1.35 bits per heavy atom. The minimum Gasteiger partial charge on any atom is -0.383 e. The molecule has 0 bridgehead atoms. The SMILES string of the molecule is COCCN=C(N)NCCNC(=O)C(C)C.I. The molecule has 0 aliphatic carbocycles. The van der Waals surface area contributed by atoms with Crippen LogP contribution in [-0.4, -0.2) is 45.2 Å². The molecule has 0 aromatic carbocycles. The number of nitrogens with one attached hydrogen (secondary N) is 2. The van der Waals surface area contributed by atoms with Gasteiger partial charge in [0, 0.05) is 26.1 Å². The lowest BCUT2D eigenvalue weighted by Crippen LogP contribution is -2.39. The van der Waals surface area contributed by atoms with Gasteiger partial charge < -0.3 is 21.1 Å². The summed E-state index contributed by atoms with van der Waals surface area (Å²) in [5, 5.41) is 5.66. The van der Waals surface area contributed by atoms with Crippen LogP contribution in [-0.2, 0) is 9.53 Å². The van der Waals surface area contributed by atoms with Crippen molar-refractivity contribution in [1.82, 2.24) is 10.6 Å². The average molecular weight is 358 g/mol. The van der Waals surface area contributed by atoms with Crippen molar-refractivity contribution in [2.24, 2.45) is 16.6 Å². The summed E-state index contributed by atoms with van der Waals surface area (Å²) < 4.78 is 4.83. The fourth-order valence-corrected chi connectivity index (χ4v) is 0.894. The number of aliphatic imine (C=N–C) groups is 1. The van der Waals surface area contributed by atoms with Crippen LogP contribution < -0.4 is 16.4 Å². The molecule has 102 valence electrons. The normalized spacial score (nSPS) is 10.9. The Morgan fingerprint density at radius 3 is 2.47 bits per heavy atom. The van der Waals surface area contributed by atoms with E-state index in [-0.39, 0.29) is 35.8 Å². The Labute approximate surface area is 120 Å². The second-order valence-corrected chi connectivity index (χ2v) is 3.63. The highest BCUT2D eigenvalue weighted by Crippen LogP contribution is 1.88. The predicted octanol–water partition coefficient (Wildman–Crippen LogP) is -0.0727. The number of guanidine groups is 1. The molecular weight excluding hydrogens is 335 g/mol. The minimum absolute atomic E-state index is 0. The van der Waals surface area contributed by atoms with Gasteiger partial charge in [-0.15, -0.1) is 24.0 Å². The van der Waals surface area contributed by atoms with Gasteiger partial charge >= 0.3 is 0 Å². The number of carbonyl (C=O) groups excluding carboxylic acids is 1. The van der Waals surface area contributed by atoms with Gasteiger partial charge in [0.15, 0.2) is 5.96 Å². The largest absolute Gasteiger partial charge is 0.383 e. The van der Waals surface area contributed by atoms with Gasteiger partial charge in [-0.3, -0.25) is 9.79 Å². The fourth-order valence-electron chi connectivity index (χ4n) is 0.894. The maximum atomic E-state index is 11.2. The summed E-state index contributed by atoms with van der Waals surface area (Å²) in [4.78, 5) is 15.2. The van der Waals surface area contributed by atoms with Crippen molar-refractivity contribution >= 4 is 35.8 Å². The average Bonchev–Trinajstić information content (AvgIpc) is 2.24. The molecule has 0 heterocycles. The zero-order chi connectivity index (χ0) is 12.4. The summed E-state index contributed by atoms with van der Waals surface area (Å²) in [6.07, 6.45) is 0. The molecule has 0 aromatic heterocycles. The number of amides is 1. The van der Waals surface area contributed by atoms with Gasteiger partial charge in [0.2, 0.25) is 5.91 Å². The number of ether oxygens (including phenoxy) is 1. The van der Waals surface area contributed by atoms with Crippen molar-refractivity contribution in [2.75, 3.05) is 33.4 Å². The zero-order valence-electron chi connectivity index (χ0n) is 10.7. The summed E-state index contributed by atoms with van der Waals surface area (Å²) in [7, 11) is 1.61. The van der Waals surface area contributed by atoms with Gasteiger partial charge in [-0.05, 0) is 0 Å². The van der Waals surface area contributed by atoms with E-state index in [0.29, 0.717) is 32.2 Å². The quantitative estimate of drug-likeness (QED) is 0.257. The molecule has 0 aliphatic rings. The Balaban J connectivity index is 0. The Bertz CT molecular complexity index is 234. The fraction of sp³-hybridized carbons (Fsp3) is 0.800. The van der Waals surface area contributed by atoms with Crippen LogP contribution in [0.5, 0.6) is 0 Å². The number of nitrogens with two attached hydrogens (primary N) is 1. The van der Waals surface area contributed by atoms with Crippen molar-refractivity contribution in [3.05, 3.63) is 0 Å². The molecule has 17 heavy (non-hydrogen) atoms. The lowest BCUT2D eigenvalue weighted by Gasteiger charge is -2.08. The van der Waals surface area contributed by atoms with Gasteiger partial charge in [0.1, 0.15) is 0 Å². The summed E-state index contributed by atoms with van der Waals surface area (Å²) in [5.41, 5.74) is 5.56. The lowest BCUT2D eigenvalue weighted by molar-refractivity contribution is -0.123. The lowest BCUT2D eigenvalue weighted by atomic mass is 10.2. The smallest absolute Gasteiger partial charge is 0.222 e. The van der Waals surface area contributed by atoms with Crippen molar-refractivity contribution in [1.29, 1.82) is 0 Å². The molecule has 0 radical (unpaired) electrons. The molecule has 1 amide bonds. The van der Waals surface area contributed by atoms with Gasteiger partial charge in [0.25, 0.3) is 0 Å². The molecule has 0 saturated carbocycles. The first-order chi connectivity index (χ1) is 7.57. The van der Waals surface area contributed by atoms with Crippen molar-refractivity contribution in [3.63, 3.8) is 0 Å². The molecule has 7 heteroatoms. The molecule has 0 unspecified atom stereocenters. The number of carbonyl (C=O) groups is 1. The number of hydrogen-bond donors (Lipinski definition) is 3. The third kappa shape index (κ3) is 11.7. The molecule has 4 N–H and O–H groups in total. The first kappa shape index (κ1) is 18.8. The van der Waals surface area contributed by atoms with E-state index >= 15 is 0 Å². The Hall–Kier alpha value is -0.570. The summed E-state index contributed by atoms with van der Waals surface area (Å²) in [6, 6.07) is 0. The molecule has 0 aliphatic heterocycles. The van der Waals surface area contributed by atoms with Gasteiger partial charge in [-0.2, -0.15) is 0 Å². The zero-order valence-corrected chi connectivity index (χ0v) is 13.0. The Morgan fingerprint density at radius 2 is 1.94 bits per heavy atom. The minimum atomic E-state index is 0. The highest BCUT2D eigenvalue weighted by Gasteiger charge is 2.04. The second-order valence-electron chi connectivity index (χ2n) is 3.63. The first-order valence-electron chi connectivity index (χ1n) is 5.38. The van der Waals surface area contributed by atoms with Gasteiger partial charge in [-0.1, -0.05) is 13.8 Å². The number of nitrogens with zero attached hydrogens (tertiary/aromatic N) is 1. The molecule has 0 aromatic rings. The van der Waals surface area contributed by atoms with E-state index in [2.05, 4.69) is 15.6 Å². The van der Waals surface area contributed by atoms with Crippen LogP contribution in [0.25, 0.3) is 0 Å². The second kappa shape index (κ2) is 11.9. The summed E-state index contributed by atoms with van der Waals surface area (Å²) in [6.45, 7) is 5.89. The number of rotatable bonds is 7. The van der Waals surface area contributed by atoms with Crippen molar-refractivity contribution in [3.8, 4) is 0 Å². The topological polar surface area (TPSA) is 88.7 Å². The monoisotopic (exact) mass is 358 g/mol. The van der Waals surface area contributed by atoms with Crippen LogP contribution >= 0.6 is 24.0 Å². The molecule has 6 nitrogen and oxygen atoms in total. The maximum Gasteiger partial charge on any atom is 0.222 e. The van der Waals surface area contributed by atoms with Gasteiger partial charge in [-0.25, -0.2) is 0 Å². The van der Waals surface area contributed by atoms with Crippen LogP contribution in [0, 0.1) is 5.92 Å². The van der Waals surface area contributed by atoms with Crippen molar-refractivity contribution in [2.45, 2.75) is 13.8 Å². The number of halogens is 1. The molecule has 0 saturated heterocycles. The van der Waals surface area contributed by atoms with E-state index in [1.165, 1.54) is 0 Å². The molecule has 0 fully saturated rings. The predicted molar refractivity (Wildman–Crippen MR) is 79.6 cm³/mol. The van der Waals surface area contributed by atoms with E-state index in [0.717, 1.165) is 0 Å². The van der Waals surface area contributed by atoms with Crippen LogP contribution in [0.4, 0.5) is 0 Å². The van der Waals surface area contributed by atoms with Crippen LogP contribution in [0.1, 0.15) is 13.8 Å². The van der Waals surface area contributed by atoms with E-state index < -0.39 is 0 Å². The van der Waals surface area contributed by atoms with Crippen LogP contribution in [0.3, 0.4) is 0 Å². The van der Waals surface area contributed by atoms with Crippen molar-refractivity contribution < 1.29 is 9.53 Å². The number of hydrogen-bond acceptors (Lipinski definition) is 3. The number of methoxy groups -OCH3 is 1. The van der Waals surface area contributed by atoms with Gasteiger partial charge in [0.05, 0.1) is 13.2 Å². The molecule has 0 spiro atoms. The third-order valence-electron chi connectivity index (χ3n) is 1.83. The van der Waals surface area contributed by atoms with Crippen LogP contribution in [0.2, 0.25) is 0 Å². The van der Waals surface area contributed by atoms with E-state index in [4.69, 9.17) is 10.5 Å². The van der Waals surface area contributed by atoms with E-state index in [1.807, 2.05) is 13.8 Å². The first-order valence-corrected chi connectivity index (χ1v) is 5.38. The molecule has 0 atom stereocenters. The highest BCUT2D eigenvalue weighted by molar-refractivity contribution is 14.0. The summed E-state index contributed by atoms with van der Waals surface area (Å²) in [5.74, 6) is 0.417. The van der Waals surface area contributed by atoms with E-state index in [9.17, 15) is 4.79 Å². The third-order valence-corrected chi connectivity index (χ3v) is 1.83. The van der Waals surface area contributed by atoms with E-state index in [1.54, 1.807) is 7.11 Å². The molecule has 0 rings (SSSR count). The Kier molecular flexibility index (Phi) is 13.2. The molecular formula is C10H23IN4O2. The van der Waals surface area contributed by atoms with Crippen LogP contribution in [0.15, 0.2) is 4.99 Å². The highest BCUT2D eigenvalue weighted by atomic mass is 127. The maximum absolute atomic E-state index is 11.2.